The summed E-state index contributed by atoms with van der Waals surface area (Å²) >= 11 is 0. The third-order valence-electron chi connectivity index (χ3n) is 4.24. The van der Waals surface area contributed by atoms with E-state index < -0.39 is 0 Å². The predicted octanol–water partition coefficient (Wildman–Crippen LogP) is 3.58. The Labute approximate surface area is 129 Å². The van der Waals surface area contributed by atoms with Gasteiger partial charge in [-0.2, -0.15) is 0 Å². The lowest BCUT2D eigenvalue weighted by molar-refractivity contribution is 0.966. The molecule has 0 saturated heterocycles. The third kappa shape index (κ3) is 2.11. The van der Waals surface area contributed by atoms with Crippen molar-refractivity contribution in [2.45, 2.75) is 12.3 Å². The summed E-state index contributed by atoms with van der Waals surface area (Å²) < 4.78 is 0. The molecule has 3 aromatic rings. The van der Waals surface area contributed by atoms with Gasteiger partial charge in [0, 0.05) is 23.1 Å². The van der Waals surface area contributed by atoms with E-state index in [1.54, 1.807) is 0 Å². The Morgan fingerprint density at radius 2 is 1.82 bits per heavy atom. The van der Waals surface area contributed by atoms with Crippen molar-refractivity contribution in [2.24, 2.45) is 10.7 Å². The van der Waals surface area contributed by atoms with E-state index in [-0.39, 0.29) is 5.92 Å². The molecule has 3 heteroatoms. The third-order valence-corrected chi connectivity index (χ3v) is 4.24. The highest BCUT2D eigenvalue weighted by atomic mass is 14.8. The summed E-state index contributed by atoms with van der Waals surface area (Å²) in [6.07, 6.45) is 4.82. The largest absolute Gasteiger partial charge is 0.330 e. The van der Waals surface area contributed by atoms with Gasteiger partial charge in [-0.3, -0.25) is 9.98 Å². The lowest BCUT2D eigenvalue weighted by Crippen LogP contribution is -2.04. The van der Waals surface area contributed by atoms with Gasteiger partial charge in [0.2, 0.25) is 0 Å². The molecule has 0 saturated carbocycles. The highest BCUT2D eigenvalue weighted by Gasteiger charge is 2.23. The summed E-state index contributed by atoms with van der Waals surface area (Å²) in [5, 5.41) is 1.19. The average molecular weight is 287 g/mol. The van der Waals surface area contributed by atoms with Gasteiger partial charge in [-0.05, 0) is 30.2 Å². The van der Waals surface area contributed by atoms with Gasteiger partial charge in [-0.15, -0.1) is 0 Å². The van der Waals surface area contributed by atoms with Gasteiger partial charge in [0.05, 0.1) is 17.4 Å². The Morgan fingerprint density at radius 3 is 2.64 bits per heavy atom. The van der Waals surface area contributed by atoms with Crippen molar-refractivity contribution < 1.29 is 0 Å². The highest BCUT2D eigenvalue weighted by Crippen LogP contribution is 2.40. The van der Waals surface area contributed by atoms with E-state index in [9.17, 15) is 0 Å². The Bertz CT molecular complexity index is 850. The quantitative estimate of drug-likeness (QED) is 0.800. The van der Waals surface area contributed by atoms with E-state index in [1.807, 2.05) is 18.5 Å². The van der Waals surface area contributed by atoms with Crippen LogP contribution in [-0.2, 0) is 6.42 Å². The van der Waals surface area contributed by atoms with Crippen molar-refractivity contribution in [3.8, 4) is 0 Å². The van der Waals surface area contributed by atoms with E-state index in [0.29, 0.717) is 6.54 Å². The van der Waals surface area contributed by atoms with Gasteiger partial charge in [-0.25, -0.2) is 0 Å². The highest BCUT2D eigenvalue weighted by molar-refractivity contribution is 5.96. The molecule has 2 N–H and O–H groups in total. The fraction of sp³-hybridized carbons (Fsp3) is 0.158. The van der Waals surface area contributed by atoms with E-state index >= 15 is 0 Å². The number of hydrogen-bond acceptors (Lipinski definition) is 3. The zero-order chi connectivity index (χ0) is 14.9. The monoisotopic (exact) mass is 287 g/mol. The minimum atomic E-state index is 0.204. The number of fused-ring (bicyclic) bond motifs is 3. The van der Waals surface area contributed by atoms with Crippen LogP contribution >= 0.6 is 0 Å². The molecule has 2 heterocycles. The molecule has 3 nitrogen and oxygen atoms in total. The average Bonchev–Trinajstić information content (AvgIpc) is 3.00. The molecule has 0 spiro atoms. The molecule has 1 aliphatic heterocycles. The Kier molecular flexibility index (Phi) is 3.20. The molecule has 0 amide bonds. The number of benzene rings is 2. The van der Waals surface area contributed by atoms with Crippen molar-refractivity contribution in [3.63, 3.8) is 0 Å². The molecule has 0 radical (unpaired) electrons. The van der Waals surface area contributed by atoms with Crippen molar-refractivity contribution in [1.29, 1.82) is 0 Å². The first-order valence-electron chi connectivity index (χ1n) is 7.57. The topological polar surface area (TPSA) is 51.3 Å². The second-order valence-electron chi connectivity index (χ2n) is 5.61. The molecule has 2 aromatic carbocycles. The molecule has 1 atom stereocenters. The second-order valence-corrected chi connectivity index (χ2v) is 5.61. The van der Waals surface area contributed by atoms with Crippen molar-refractivity contribution >= 4 is 22.8 Å². The van der Waals surface area contributed by atoms with E-state index in [0.717, 1.165) is 17.6 Å². The van der Waals surface area contributed by atoms with Crippen LogP contribution < -0.4 is 5.73 Å². The summed E-state index contributed by atoms with van der Waals surface area (Å²) in [5.74, 6) is 0.204. The predicted molar refractivity (Wildman–Crippen MR) is 90.9 cm³/mol. The van der Waals surface area contributed by atoms with Gasteiger partial charge < -0.3 is 5.73 Å². The zero-order valence-electron chi connectivity index (χ0n) is 12.2. The molecule has 22 heavy (non-hydrogen) atoms. The van der Waals surface area contributed by atoms with E-state index in [2.05, 4.69) is 52.4 Å². The summed E-state index contributed by atoms with van der Waals surface area (Å²) in [5.41, 5.74) is 11.4. The van der Waals surface area contributed by atoms with Crippen LogP contribution in [0.2, 0.25) is 0 Å². The van der Waals surface area contributed by atoms with Crippen molar-refractivity contribution in [3.05, 3.63) is 71.4 Å². The number of rotatable bonds is 3. The molecule has 0 aliphatic carbocycles. The summed E-state index contributed by atoms with van der Waals surface area (Å²) in [4.78, 5) is 9.05. The number of pyridine rings is 1. The molecular weight excluding hydrogens is 270 g/mol. The summed E-state index contributed by atoms with van der Waals surface area (Å²) in [6.45, 7) is 0.684. The first-order chi connectivity index (χ1) is 10.9. The smallest absolute Gasteiger partial charge is 0.0857 e. The molecular formula is C19H17N3. The normalized spacial score (nSPS) is 16.1. The molecule has 0 fully saturated rings. The minimum absolute atomic E-state index is 0.204. The summed E-state index contributed by atoms with van der Waals surface area (Å²) in [6, 6.07) is 17.0. The fourth-order valence-corrected chi connectivity index (χ4v) is 3.12. The maximum absolute atomic E-state index is 5.62. The Hall–Kier alpha value is -2.52. The van der Waals surface area contributed by atoms with Gasteiger partial charge in [-0.1, -0.05) is 42.5 Å². The Morgan fingerprint density at radius 1 is 1.00 bits per heavy atom. The first-order valence-corrected chi connectivity index (χ1v) is 7.57. The van der Waals surface area contributed by atoms with Crippen LogP contribution in [0.3, 0.4) is 0 Å². The number of hydrogen-bond donors (Lipinski definition) is 1. The molecule has 1 unspecified atom stereocenters. The molecule has 1 aromatic heterocycles. The molecule has 1 aliphatic rings. The molecule has 4 rings (SSSR count). The maximum Gasteiger partial charge on any atom is 0.0857 e. The van der Waals surface area contributed by atoms with Gasteiger partial charge in [0.15, 0.2) is 0 Å². The van der Waals surface area contributed by atoms with Crippen LogP contribution in [0.25, 0.3) is 10.9 Å². The van der Waals surface area contributed by atoms with Gasteiger partial charge >= 0.3 is 0 Å². The van der Waals surface area contributed by atoms with Crippen LogP contribution in [0.15, 0.2) is 59.7 Å². The number of nitrogens with zero attached hydrogens (tertiary/aromatic N) is 2. The number of aromatic nitrogens is 1. The van der Waals surface area contributed by atoms with Crippen LogP contribution in [0, 0.1) is 0 Å². The lowest BCUT2D eigenvalue weighted by Gasteiger charge is -2.13. The minimum Gasteiger partial charge on any atom is -0.330 e. The van der Waals surface area contributed by atoms with E-state index in [1.165, 1.54) is 22.1 Å². The van der Waals surface area contributed by atoms with Crippen LogP contribution in [0.1, 0.15) is 22.6 Å². The number of aliphatic imine (C=N–C) groups is 1. The molecule has 0 bridgehead atoms. The fourth-order valence-electron chi connectivity index (χ4n) is 3.12. The first kappa shape index (κ1) is 13.2. The van der Waals surface area contributed by atoms with Crippen molar-refractivity contribution in [1.82, 2.24) is 4.98 Å². The lowest BCUT2D eigenvalue weighted by atomic mass is 9.90. The SMILES string of the molecule is NCCc1ccc(C2C=Nc3cnc4ccccc4c32)cc1. The van der Waals surface area contributed by atoms with Crippen LogP contribution in [0.5, 0.6) is 0 Å². The number of nitrogens with two attached hydrogens (primary N) is 1. The zero-order valence-corrected chi connectivity index (χ0v) is 12.2. The molecule has 108 valence electrons. The second kappa shape index (κ2) is 5.35. The van der Waals surface area contributed by atoms with Crippen molar-refractivity contribution in [2.75, 3.05) is 6.54 Å². The van der Waals surface area contributed by atoms with Crippen LogP contribution in [0.4, 0.5) is 5.69 Å². The van der Waals surface area contributed by atoms with Gasteiger partial charge in [0.25, 0.3) is 0 Å². The standard InChI is InChI=1S/C19H17N3/c20-10-9-13-5-7-14(8-6-13)16-11-21-18-12-22-17-4-2-1-3-15(17)19(16)18/h1-8,11-12,16H,9-10,20H2. The Balaban J connectivity index is 1.80. The summed E-state index contributed by atoms with van der Waals surface area (Å²) in [7, 11) is 0. The number of para-hydroxylation sites is 1. The maximum atomic E-state index is 5.62. The van der Waals surface area contributed by atoms with Crippen LogP contribution in [-0.4, -0.2) is 17.7 Å². The van der Waals surface area contributed by atoms with Gasteiger partial charge in [0.1, 0.15) is 0 Å². The van der Waals surface area contributed by atoms with E-state index in [4.69, 9.17) is 5.73 Å².